The van der Waals surface area contributed by atoms with Crippen LogP contribution in [0.2, 0.25) is 0 Å². The topological polar surface area (TPSA) is 86.7 Å². The van der Waals surface area contributed by atoms with Gasteiger partial charge in [-0.15, -0.1) is 23.2 Å². The Morgan fingerprint density at radius 2 is 1.16 bits per heavy atom. The van der Waals surface area contributed by atoms with Crippen molar-refractivity contribution in [1.82, 2.24) is 0 Å². The highest BCUT2D eigenvalue weighted by molar-refractivity contribution is 7.92. The Morgan fingerprint density at radius 1 is 0.789 bits per heavy atom. The van der Waals surface area contributed by atoms with Crippen LogP contribution in [0.3, 0.4) is 0 Å². The van der Waals surface area contributed by atoms with Crippen LogP contribution in [0.15, 0.2) is 0 Å². The van der Waals surface area contributed by atoms with Gasteiger partial charge in [0.2, 0.25) is 0 Å². The lowest BCUT2D eigenvalue weighted by Crippen LogP contribution is -2.29. The Bertz CT molecular complexity index is 483. The van der Waals surface area contributed by atoms with Gasteiger partial charge in [-0.05, 0) is 0 Å². The van der Waals surface area contributed by atoms with E-state index in [0.717, 1.165) is 0 Å². The second-order valence-electron chi connectivity index (χ2n) is 4.71. The van der Waals surface area contributed by atoms with Gasteiger partial charge in [0.15, 0.2) is 19.7 Å². The van der Waals surface area contributed by atoms with Crippen molar-refractivity contribution in [2.24, 2.45) is 0 Å². The maximum absolute atomic E-state index is 11.3. The summed E-state index contributed by atoms with van der Waals surface area (Å²) in [6.07, 6.45) is -1.25. The Hall–Kier alpha value is 0.400. The summed E-state index contributed by atoms with van der Waals surface area (Å²) in [6.45, 7) is -0.215. The highest BCUT2D eigenvalue weighted by atomic mass is 35.5. The van der Waals surface area contributed by atoms with Crippen LogP contribution in [-0.4, -0.2) is 69.6 Å². The summed E-state index contributed by atoms with van der Waals surface area (Å²) in [5.41, 5.74) is 0. The molecule has 0 saturated carbocycles. The molecule has 2 fully saturated rings. The molecular formula is C9H14Cl2O6S2. The van der Waals surface area contributed by atoms with Gasteiger partial charge in [-0.2, -0.15) is 0 Å². The molecular weight excluding hydrogens is 339 g/mol. The predicted octanol–water partition coefficient (Wildman–Crippen LogP) is -0.214. The molecule has 10 heteroatoms. The summed E-state index contributed by atoms with van der Waals surface area (Å²) in [7, 11) is -6.32. The molecule has 0 bridgehead atoms. The van der Waals surface area contributed by atoms with E-state index in [2.05, 4.69) is 0 Å². The maximum atomic E-state index is 11.3. The molecule has 2 heterocycles. The molecule has 6 nitrogen and oxygen atoms in total. The third-order valence-electron chi connectivity index (χ3n) is 3.03. The van der Waals surface area contributed by atoms with E-state index < -0.39 is 42.6 Å². The van der Waals surface area contributed by atoms with E-state index in [4.69, 9.17) is 32.7 Å². The summed E-state index contributed by atoms with van der Waals surface area (Å²) in [6, 6.07) is 0. The normalized spacial score (nSPS) is 40.5. The van der Waals surface area contributed by atoms with Crippen molar-refractivity contribution < 1.29 is 26.3 Å². The molecule has 0 radical (unpaired) electrons. The fourth-order valence-corrected chi connectivity index (χ4v) is 7.08. The number of ether oxygens (including phenoxy) is 2. The van der Waals surface area contributed by atoms with Gasteiger partial charge in [-0.3, -0.25) is 0 Å². The van der Waals surface area contributed by atoms with E-state index in [1.807, 2.05) is 0 Å². The average molecular weight is 353 g/mol. The van der Waals surface area contributed by atoms with Gasteiger partial charge in [-0.25, -0.2) is 16.8 Å². The standard InChI is InChI=1S/C9H14Cl2O6S2/c10-6-1-18(12,13)3-8(6)16-5-17-9-4-19(14,15)2-7(9)11/h6-9H,1-5H2/t6-,7+,8-,9-/m1/s1. The molecule has 112 valence electrons. The Morgan fingerprint density at radius 3 is 1.42 bits per heavy atom. The third kappa shape index (κ3) is 4.18. The first-order valence-corrected chi connectivity index (χ1v) is 10.1. The molecule has 0 N–H and O–H groups in total. The van der Waals surface area contributed by atoms with Crippen molar-refractivity contribution >= 4 is 42.9 Å². The van der Waals surface area contributed by atoms with Crippen LogP contribution in [-0.2, 0) is 29.1 Å². The van der Waals surface area contributed by atoms with Gasteiger partial charge in [0.1, 0.15) is 6.79 Å². The van der Waals surface area contributed by atoms with Crippen LogP contribution in [0.4, 0.5) is 0 Å². The Kier molecular flexibility index (Phi) is 4.69. The molecule has 0 aromatic carbocycles. The van der Waals surface area contributed by atoms with Gasteiger partial charge in [0.05, 0.1) is 46.0 Å². The Labute approximate surface area is 122 Å². The van der Waals surface area contributed by atoms with E-state index in [9.17, 15) is 16.8 Å². The summed E-state index contributed by atoms with van der Waals surface area (Å²) in [4.78, 5) is 0. The number of sulfone groups is 2. The van der Waals surface area contributed by atoms with Crippen molar-refractivity contribution in [1.29, 1.82) is 0 Å². The minimum absolute atomic E-state index is 0.116. The van der Waals surface area contributed by atoms with Crippen LogP contribution in [0, 0.1) is 0 Å². The molecule has 2 aliphatic heterocycles. The molecule has 0 aromatic rings. The lowest BCUT2D eigenvalue weighted by molar-refractivity contribution is -0.103. The van der Waals surface area contributed by atoms with Crippen molar-refractivity contribution in [2.75, 3.05) is 29.8 Å². The third-order valence-corrected chi connectivity index (χ3v) is 7.68. The summed E-state index contributed by atoms with van der Waals surface area (Å²) in [5, 5.41) is -1.21. The van der Waals surface area contributed by atoms with Gasteiger partial charge in [0, 0.05) is 0 Å². The summed E-state index contributed by atoms with van der Waals surface area (Å²) in [5.74, 6) is -0.514. The number of hydrogen-bond donors (Lipinski definition) is 0. The van der Waals surface area contributed by atoms with Crippen LogP contribution in [0.5, 0.6) is 0 Å². The molecule has 0 aromatic heterocycles. The second-order valence-corrected chi connectivity index (χ2v) is 10.1. The quantitative estimate of drug-likeness (QED) is 0.513. The van der Waals surface area contributed by atoms with Crippen LogP contribution in [0.25, 0.3) is 0 Å². The molecule has 2 rings (SSSR count). The molecule has 19 heavy (non-hydrogen) atoms. The van der Waals surface area contributed by atoms with Gasteiger partial charge in [0.25, 0.3) is 0 Å². The lowest BCUT2D eigenvalue weighted by atomic mass is 10.3. The van der Waals surface area contributed by atoms with E-state index in [0.29, 0.717) is 0 Å². The van der Waals surface area contributed by atoms with Crippen LogP contribution < -0.4 is 0 Å². The summed E-state index contributed by atoms with van der Waals surface area (Å²) < 4.78 is 55.7. The highest BCUT2D eigenvalue weighted by Gasteiger charge is 2.39. The van der Waals surface area contributed by atoms with Crippen LogP contribution >= 0.6 is 23.2 Å². The Balaban J connectivity index is 1.79. The number of rotatable bonds is 4. The van der Waals surface area contributed by atoms with Gasteiger partial charge in [-0.1, -0.05) is 0 Å². The fraction of sp³-hybridized carbons (Fsp3) is 1.00. The van der Waals surface area contributed by atoms with E-state index in [1.165, 1.54) is 0 Å². The van der Waals surface area contributed by atoms with E-state index in [-0.39, 0.29) is 29.8 Å². The predicted molar refractivity (Wildman–Crippen MR) is 71.2 cm³/mol. The maximum Gasteiger partial charge on any atom is 0.154 e. The molecule has 0 spiro atoms. The van der Waals surface area contributed by atoms with Gasteiger partial charge >= 0.3 is 0 Å². The average Bonchev–Trinajstić information content (AvgIpc) is 2.63. The van der Waals surface area contributed by atoms with Gasteiger partial charge < -0.3 is 9.47 Å². The van der Waals surface area contributed by atoms with Crippen molar-refractivity contribution in [3.8, 4) is 0 Å². The molecule has 2 aliphatic rings. The number of alkyl halides is 2. The highest BCUT2D eigenvalue weighted by Crippen LogP contribution is 2.23. The molecule has 0 amide bonds. The smallest absolute Gasteiger partial charge is 0.154 e. The lowest BCUT2D eigenvalue weighted by Gasteiger charge is -2.17. The molecule has 2 saturated heterocycles. The largest absolute Gasteiger partial charge is 0.350 e. The zero-order chi connectivity index (χ0) is 14.3. The minimum Gasteiger partial charge on any atom is -0.350 e. The van der Waals surface area contributed by atoms with Crippen molar-refractivity contribution in [2.45, 2.75) is 23.0 Å². The molecule has 0 aliphatic carbocycles. The fourth-order valence-electron chi connectivity index (χ4n) is 2.06. The monoisotopic (exact) mass is 352 g/mol. The SMILES string of the molecule is O=S1(=O)C[C@@H](Cl)[C@H](OCO[C@@H]2CS(=O)(=O)C[C@@H]2Cl)C1. The minimum atomic E-state index is -3.16. The summed E-state index contributed by atoms with van der Waals surface area (Å²) >= 11 is 11.7. The molecule has 0 unspecified atom stereocenters. The first kappa shape index (κ1) is 15.8. The van der Waals surface area contributed by atoms with E-state index >= 15 is 0 Å². The van der Waals surface area contributed by atoms with Crippen LogP contribution in [0.1, 0.15) is 0 Å². The number of halogens is 2. The molecule has 4 atom stereocenters. The zero-order valence-corrected chi connectivity index (χ0v) is 13.0. The van der Waals surface area contributed by atoms with Crippen molar-refractivity contribution in [3.05, 3.63) is 0 Å². The van der Waals surface area contributed by atoms with E-state index in [1.54, 1.807) is 0 Å². The first-order chi connectivity index (χ1) is 8.69. The first-order valence-electron chi connectivity index (χ1n) is 5.61. The number of hydrogen-bond acceptors (Lipinski definition) is 6. The zero-order valence-electron chi connectivity index (χ0n) is 9.87. The van der Waals surface area contributed by atoms with Crippen molar-refractivity contribution in [3.63, 3.8) is 0 Å². The second kappa shape index (κ2) is 5.65.